The monoisotopic (exact) mass is 304 g/mol. The van der Waals surface area contributed by atoms with Crippen molar-refractivity contribution in [2.75, 3.05) is 13.1 Å². The van der Waals surface area contributed by atoms with E-state index >= 15 is 0 Å². The van der Waals surface area contributed by atoms with Gasteiger partial charge in [0.2, 0.25) is 5.91 Å². The zero-order valence-electron chi connectivity index (χ0n) is 12.8. The number of nitrogens with zero attached hydrogens (tertiary/aromatic N) is 4. The molecule has 0 radical (unpaired) electrons. The lowest BCUT2D eigenvalue weighted by atomic mass is 10.0. The topological polar surface area (TPSA) is 84.4 Å². The van der Waals surface area contributed by atoms with E-state index in [1.165, 1.54) is 0 Å². The molecule has 0 spiro atoms. The fourth-order valence-corrected chi connectivity index (χ4v) is 2.85. The van der Waals surface area contributed by atoms with Gasteiger partial charge in [-0.3, -0.25) is 4.79 Å². The summed E-state index contributed by atoms with van der Waals surface area (Å²) in [6.07, 6.45) is 3.53. The molecule has 1 amide bonds. The van der Waals surface area contributed by atoms with Crippen LogP contribution in [-0.4, -0.2) is 49.8 Å². The zero-order valence-corrected chi connectivity index (χ0v) is 12.8. The van der Waals surface area contributed by atoms with Crippen molar-refractivity contribution in [1.82, 2.24) is 19.6 Å². The first-order valence-electron chi connectivity index (χ1n) is 7.38. The number of carbonyl (C=O) groups is 1. The molecule has 3 rings (SSSR count). The Morgan fingerprint density at radius 1 is 1.45 bits per heavy atom. The van der Waals surface area contributed by atoms with Crippen molar-refractivity contribution in [2.24, 2.45) is 5.92 Å². The van der Waals surface area contributed by atoms with Crippen LogP contribution in [0.1, 0.15) is 17.3 Å². The lowest BCUT2D eigenvalue weighted by Gasteiger charge is -2.16. The van der Waals surface area contributed by atoms with Gasteiger partial charge in [-0.05, 0) is 13.8 Å². The number of hydrogen-bond acceptors (Lipinski definition) is 5. The summed E-state index contributed by atoms with van der Waals surface area (Å²) in [5.41, 5.74) is 0.825. The molecule has 0 bridgehead atoms. The van der Waals surface area contributed by atoms with Crippen molar-refractivity contribution in [3.63, 3.8) is 0 Å². The summed E-state index contributed by atoms with van der Waals surface area (Å²) in [5.74, 6) is 1.54. The molecular formula is C15H20N4O3. The van der Waals surface area contributed by atoms with E-state index in [9.17, 15) is 9.90 Å². The lowest BCUT2D eigenvalue weighted by molar-refractivity contribution is -0.131. The van der Waals surface area contributed by atoms with Crippen LogP contribution in [0.3, 0.4) is 0 Å². The minimum absolute atomic E-state index is 0.00333. The van der Waals surface area contributed by atoms with E-state index in [0.29, 0.717) is 19.5 Å². The number of likely N-dealkylation sites (tertiary alicyclic amines) is 1. The third kappa shape index (κ3) is 3.04. The number of hydrogen-bond donors (Lipinski definition) is 1. The molecule has 1 saturated heterocycles. The van der Waals surface area contributed by atoms with Crippen LogP contribution in [0.25, 0.3) is 0 Å². The first kappa shape index (κ1) is 14.8. The summed E-state index contributed by atoms with van der Waals surface area (Å²) in [4.78, 5) is 18.2. The molecule has 7 nitrogen and oxygen atoms in total. The highest BCUT2D eigenvalue weighted by molar-refractivity contribution is 5.76. The largest absolute Gasteiger partial charge is 0.391 e. The Bertz CT molecular complexity index is 663. The average molecular weight is 304 g/mol. The van der Waals surface area contributed by atoms with E-state index in [2.05, 4.69) is 10.1 Å². The summed E-state index contributed by atoms with van der Waals surface area (Å²) in [6.45, 7) is 4.88. The van der Waals surface area contributed by atoms with Crippen molar-refractivity contribution < 1.29 is 14.4 Å². The number of β-amino-alcohol motifs (C(OH)–C–C–N with tert-alkyl or cyclic N) is 1. The number of carbonyl (C=O) groups excluding carboxylic acids is 1. The van der Waals surface area contributed by atoms with Gasteiger partial charge in [0.15, 0.2) is 0 Å². The van der Waals surface area contributed by atoms with Gasteiger partial charge in [-0.2, -0.15) is 0 Å². The summed E-state index contributed by atoms with van der Waals surface area (Å²) in [7, 11) is 0. The quantitative estimate of drug-likeness (QED) is 0.891. The summed E-state index contributed by atoms with van der Waals surface area (Å²) < 4.78 is 7.00. The smallest absolute Gasteiger partial charge is 0.242 e. The molecule has 0 aliphatic carbocycles. The number of amides is 1. The highest BCUT2D eigenvalue weighted by Crippen LogP contribution is 2.22. The molecule has 1 N–H and O–H groups in total. The molecular weight excluding hydrogens is 284 g/mol. The SMILES string of the molecule is Cc1cc(C[C@@H]2CN(C(=O)Cn3ccnc3C)C[C@@H]2O)on1. The second-order valence-corrected chi connectivity index (χ2v) is 5.87. The Balaban J connectivity index is 1.60. The number of aryl methyl sites for hydroxylation is 2. The number of rotatable bonds is 4. The predicted octanol–water partition coefficient (Wildman–Crippen LogP) is 0.550. The third-order valence-corrected chi connectivity index (χ3v) is 4.13. The average Bonchev–Trinajstić information content (AvgIpc) is 3.15. The first-order valence-corrected chi connectivity index (χ1v) is 7.38. The molecule has 2 aromatic heterocycles. The number of aliphatic hydroxyl groups is 1. The van der Waals surface area contributed by atoms with Crippen molar-refractivity contribution >= 4 is 5.91 Å². The van der Waals surface area contributed by atoms with Gasteiger partial charge < -0.3 is 19.1 Å². The lowest BCUT2D eigenvalue weighted by Crippen LogP contribution is -2.32. The van der Waals surface area contributed by atoms with E-state index in [1.807, 2.05) is 24.5 Å². The molecule has 0 unspecified atom stereocenters. The number of aromatic nitrogens is 3. The van der Waals surface area contributed by atoms with Gasteiger partial charge in [0.05, 0.1) is 11.8 Å². The molecule has 3 heterocycles. The van der Waals surface area contributed by atoms with Crippen LogP contribution >= 0.6 is 0 Å². The molecule has 22 heavy (non-hydrogen) atoms. The molecule has 118 valence electrons. The number of imidazole rings is 1. The van der Waals surface area contributed by atoms with Crippen molar-refractivity contribution in [1.29, 1.82) is 0 Å². The molecule has 1 aliphatic heterocycles. The molecule has 1 fully saturated rings. The second kappa shape index (κ2) is 5.92. The molecule has 0 aromatic carbocycles. The van der Waals surface area contributed by atoms with E-state index in [-0.39, 0.29) is 18.4 Å². The Labute approximate surface area is 128 Å². The van der Waals surface area contributed by atoms with E-state index in [1.54, 1.807) is 17.3 Å². The van der Waals surface area contributed by atoms with Crippen molar-refractivity contribution in [2.45, 2.75) is 32.9 Å². The highest BCUT2D eigenvalue weighted by atomic mass is 16.5. The predicted molar refractivity (Wildman–Crippen MR) is 78.0 cm³/mol. The minimum atomic E-state index is -0.529. The third-order valence-electron chi connectivity index (χ3n) is 4.13. The minimum Gasteiger partial charge on any atom is -0.391 e. The van der Waals surface area contributed by atoms with Crippen LogP contribution in [-0.2, 0) is 17.8 Å². The normalized spacial score (nSPS) is 21.5. The van der Waals surface area contributed by atoms with E-state index in [0.717, 1.165) is 17.3 Å². The molecule has 0 saturated carbocycles. The van der Waals surface area contributed by atoms with Crippen LogP contribution in [0.15, 0.2) is 23.0 Å². The van der Waals surface area contributed by atoms with Crippen LogP contribution in [0.2, 0.25) is 0 Å². The van der Waals surface area contributed by atoms with Crippen molar-refractivity contribution in [3.8, 4) is 0 Å². The van der Waals surface area contributed by atoms with Gasteiger partial charge >= 0.3 is 0 Å². The summed E-state index contributed by atoms with van der Waals surface area (Å²) in [5, 5.41) is 14.0. The van der Waals surface area contributed by atoms with Crippen LogP contribution in [0.5, 0.6) is 0 Å². The van der Waals surface area contributed by atoms with Crippen molar-refractivity contribution in [3.05, 3.63) is 35.7 Å². The molecule has 1 aliphatic rings. The van der Waals surface area contributed by atoms with Gasteiger partial charge in [-0.1, -0.05) is 5.16 Å². The van der Waals surface area contributed by atoms with Gasteiger partial charge in [0, 0.05) is 43.9 Å². The standard InChI is InChI=1S/C15H20N4O3/c1-10-5-13(22-17-10)6-12-7-19(8-14(12)20)15(21)9-18-4-3-16-11(18)2/h3-5,12,14,20H,6-9H2,1-2H3/t12-,14+/m1/s1. The fourth-order valence-electron chi connectivity index (χ4n) is 2.85. The second-order valence-electron chi connectivity index (χ2n) is 5.87. The maximum atomic E-state index is 12.3. The molecule has 2 atom stereocenters. The fraction of sp³-hybridized carbons (Fsp3) is 0.533. The van der Waals surface area contributed by atoms with E-state index < -0.39 is 6.10 Å². The maximum absolute atomic E-state index is 12.3. The Kier molecular flexibility index (Phi) is 3.98. The van der Waals surface area contributed by atoms with Gasteiger partial charge in [-0.25, -0.2) is 4.98 Å². The van der Waals surface area contributed by atoms with Crippen LogP contribution < -0.4 is 0 Å². The molecule has 2 aromatic rings. The molecule has 7 heteroatoms. The number of aliphatic hydroxyl groups excluding tert-OH is 1. The summed E-state index contributed by atoms with van der Waals surface area (Å²) in [6, 6.07) is 1.87. The van der Waals surface area contributed by atoms with Gasteiger partial charge in [0.25, 0.3) is 0 Å². The van der Waals surface area contributed by atoms with Gasteiger partial charge in [-0.15, -0.1) is 0 Å². The van der Waals surface area contributed by atoms with Crippen LogP contribution in [0, 0.1) is 19.8 Å². The zero-order chi connectivity index (χ0) is 15.7. The maximum Gasteiger partial charge on any atom is 0.242 e. The van der Waals surface area contributed by atoms with E-state index in [4.69, 9.17) is 4.52 Å². The summed E-state index contributed by atoms with van der Waals surface area (Å²) >= 11 is 0. The first-order chi connectivity index (χ1) is 10.5. The highest BCUT2D eigenvalue weighted by Gasteiger charge is 2.34. The van der Waals surface area contributed by atoms with Crippen LogP contribution in [0.4, 0.5) is 0 Å². The van der Waals surface area contributed by atoms with Gasteiger partial charge in [0.1, 0.15) is 18.1 Å². The Hall–Kier alpha value is -2.15. The Morgan fingerprint density at radius 3 is 2.91 bits per heavy atom. The Morgan fingerprint density at radius 2 is 2.27 bits per heavy atom.